The minimum absolute atomic E-state index is 0.737. The van der Waals surface area contributed by atoms with Crippen molar-refractivity contribution in [3.63, 3.8) is 0 Å². The topological polar surface area (TPSA) is 29.3 Å². The van der Waals surface area contributed by atoms with Crippen LogP contribution in [0.5, 0.6) is 0 Å². The highest BCUT2D eigenvalue weighted by Crippen LogP contribution is 2.24. The van der Waals surface area contributed by atoms with Gasteiger partial charge in [0.25, 0.3) is 0 Å². The van der Waals surface area contributed by atoms with Crippen LogP contribution in [0, 0.1) is 0 Å². The number of halogens is 1. The Morgan fingerprint density at radius 1 is 1.22 bits per heavy atom. The quantitative estimate of drug-likeness (QED) is 0.901. The summed E-state index contributed by atoms with van der Waals surface area (Å²) >= 11 is 3.54. The van der Waals surface area contributed by atoms with Crippen LogP contribution < -0.4 is 5.73 Å². The summed E-state index contributed by atoms with van der Waals surface area (Å²) in [5, 5.41) is 0. The Morgan fingerprint density at radius 3 is 2.67 bits per heavy atom. The molecule has 100 valence electrons. The Bertz CT molecular complexity index is 361. The Kier molecular flexibility index (Phi) is 5.67. The summed E-state index contributed by atoms with van der Waals surface area (Å²) in [4.78, 5) is 2.57. The van der Waals surface area contributed by atoms with E-state index in [0.29, 0.717) is 0 Å². The smallest absolute Gasteiger partial charge is 0.0237 e. The fraction of sp³-hybridized carbons (Fsp3) is 0.600. The highest BCUT2D eigenvalue weighted by molar-refractivity contribution is 9.10. The summed E-state index contributed by atoms with van der Waals surface area (Å²) < 4.78 is 1.16. The minimum Gasteiger partial charge on any atom is -0.329 e. The molecule has 3 heteroatoms. The average Bonchev–Trinajstić information content (AvgIpc) is 2.39. The molecule has 0 aliphatic heterocycles. The monoisotopic (exact) mass is 310 g/mol. The molecule has 0 saturated heterocycles. The van der Waals surface area contributed by atoms with Gasteiger partial charge in [-0.1, -0.05) is 47.3 Å². The summed E-state index contributed by atoms with van der Waals surface area (Å²) in [6.45, 7) is 2.79. The second-order valence-corrected chi connectivity index (χ2v) is 6.10. The van der Waals surface area contributed by atoms with Gasteiger partial charge >= 0.3 is 0 Å². The molecule has 1 aromatic rings. The molecule has 1 aliphatic carbocycles. The van der Waals surface area contributed by atoms with Crippen molar-refractivity contribution < 1.29 is 0 Å². The molecule has 0 spiro atoms. The first-order chi connectivity index (χ1) is 8.79. The van der Waals surface area contributed by atoms with Crippen LogP contribution in [0.25, 0.3) is 0 Å². The molecule has 1 fully saturated rings. The molecule has 0 heterocycles. The lowest BCUT2D eigenvalue weighted by Crippen LogP contribution is -2.39. The molecular weight excluding hydrogens is 288 g/mol. The Balaban J connectivity index is 2.00. The van der Waals surface area contributed by atoms with Gasteiger partial charge in [0, 0.05) is 30.1 Å². The molecule has 0 unspecified atom stereocenters. The maximum atomic E-state index is 5.77. The summed E-state index contributed by atoms with van der Waals surface area (Å²) in [6, 6.07) is 9.35. The normalized spacial score (nSPS) is 17.3. The first-order valence-electron chi connectivity index (χ1n) is 6.98. The van der Waals surface area contributed by atoms with Gasteiger partial charge in [-0.05, 0) is 30.5 Å². The lowest BCUT2D eigenvalue weighted by atomic mass is 9.94. The number of nitrogens with two attached hydrogens (primary N) is 1. The standard InChI is InChI=1S/C15H23BrN2/c16-14-6-4-5-13(11-14)12-18(10-9-17)15-7-2-1-3-8-15/h4-6,11,15H,1-3,7-10,12,17H2. The molecular formula is C15H23BrN2. The zero-order valence-electron chi connectivity index (χ0n) is 10.9. The van der Waals surface area contributed by atoms with Gasteiger partial charge in [0.2, 0.25) is 0 Å². The van der Waals surface area contributed by atoms with E-state index in [0.717, 1.165) is 30.1 Å². The minimum atomic E-state index is 0.737. The molecule has 1 saturated carbocycles. The molecule has 0 atom stereocenters. The van der Waals surface area contributed by atoms with Crippen LogP contribution in [-0.2, 0) is 6.54 Å². The Hall–Kier alpha value is -0.380. The number of benzene rings is 1. The predicted octanol–water partition coefficient (Wildman–Crippen LogP) is 3.54. The van der Waals surface area contributed by atoms with Crippen molar-refractivity contribution in [3.8, 4) is 0 Å². The van der Waals surface area contributed by atoms with Gasteiger partial charge in [0.15, 0.2) is 0 Å². The fourth-order valence-electron chi connectivity index (χ4n) is 2.87. The first kappa shape index (κ1) is 14.0. The van der Waals surface area contributed by atoms with E-state index in [2.05, 4.69) is 45.1 Å². The molecule has 18 heavy (non-hydrogen) atoms. The third-order valence-corrected chi connectivity index (χ3v) is 4.28. The Labute approximate surface area is 119 Å². The molecule has 2 rings (SSSR count). The molecule has 1 aromatic carbocycles. The molecule has 1 aliphatic rings. The van der Waals surface area contributed by atoms with Gasteiger partial charge in [0.1, 0.15) is 0 Å². The summed E-state index contributed by atoms with van der Waals surface area (Å²) in [5.74, 6) is 0. The van der Waals surface area contributed by atoms with Crippen LogP contribution in [0.2, 0.25) is 0 Å². The summed E-state index contributed by atoms with van der Waals surface area (Å²) in [7, 11) is 0. The second kappa shape index (κ2) is 7.27. The highest BCUT2D eigenvalue weighted by Gasteiger charge is 2.20. The van der Waals surface area contributed by atoms with Gasteiger partial charge in [-0.25, -0.2) is 0 Å². The number of hydrogen-bond donors (Lipinski definition) is 1. The lowest BCUT2D eigenvalue weighted by molar-refractivity contribution is 0.152. The van der Waals surface area contributed by atoms with Gasteiger partial charge in [0.05, 0.1) is 0 Å². The molecule has 0 amide bonds. The van der Waals surface area contributed by atoms with Crippen LogP contribution in [-0.4, -0.2) is 24.0 Å². The van der Waals surface area contributed by atoms with Crippen molar-refractivity contribution >= 4 is 15.9 Å². The molecule has 2 nitrogen and oxygen atoms in total. The third kappa shape index (κ3) is 4.08. The third-order valence-electron chi connectivity index (χ3n) is 3.78. The van der Waals surface area contributed by atoms with E-state index in [4.69, 9.17) is 5.73 Å². The van der Waals surface area contributed by atoms with Crippen LogP contribution in [0.3, 0.4) is 0 Å². The van der Waals surface area contributed by atoms with Gasteiger partial charge in [-0.3, -0.25) is 4.90 Å². The van der Waals surface area contributed by atoms with Gasteiger partial charge in [-0.2, -0.15) is 0 Å². The molecule has 0 aromatic heterocycles. The number of rotatable bonds is 5. The second-order valence-electron chi connectivity index (χ2n) is 5.18. The van der Waals surface area contributed by atoms with E-state index in [1.54, 1.807) is 0 Å². The highest BCUT2D eigenvalue weighted by atomic mass is 79.9. The van der Waals surface area contributed by atoms with E-state index in [1.165, 1.54) is 37.7 Å². The van der Waals surface area contributed by atoms with Crippen molar-refractivity contribution in [1.29, 1.82) is 0 Å². The van der Waals surface area contributed by atoms with Crippen LogP contribution in [0.4, 0.5) is 0 Å². The van der Waals surface area contributed by atoms with E-state index in [-0.39, 0.29) is 0 Å². The Morgan fingerprint density at radius 2 is 2.00 bits per heavy atom. The summed E-state index contributed by atoms with van der Waals surface area (Å²) in [6.07, 6.45) is 6.85. The zero-order chi connectivity index (χ0) is 12.8. The van der Waals surface area contributed by atoms with Crippen LogP contribution >= 0.6 is 15.9 Å². The summed E-state index contributed by atoms with van der Waals surface area (Å²) in [5.41, 5.74) is 7.15. The van der Waals surface area contributed by atoms with E-state index >= 15 is 0 Å². The fourth-order valence-corrected chi connectivity index (χ4v) is 3.32. The van der Waals surface area contributed by atoms with Crippen molar-refractivity contribution in [2.75, 3.05) is 13.1 Å². The predicted molar refractivity (Wildman–Crippen MR) is 80.5 cm³/mol. The first-order valence-corrected chi connectivity index (χ1v) is 7.77. The molecule has 2 N–H and O–H groups in total. The van der Waals surface area contributed by atoms with Crippen molar-refractivity contribution in [1.82, 2.24) is 4.90 Å². The van der Waals surface area contributed by atoms with E-state index < -0.39 is 0 Å². The van der Waals surface area contributed by atoms with Crippen LogP contribution in [0.15, 0.2) is 28.7 Å². The number of hydrogen-bond acceptors (Lipinski definition) is 2. The lowest BCUT2D eigenvalue weighted by Gasteiger charge is -2.34. The van der Waals surface area contributed by atoms with Gasteiger partial charge < -0.3 is 5.73 Å². The van der Waals surface area contributed by atoms with Crippen LogP contribution in [0.1, 0.15) is 37.7 Å². The van der Waals surface area contributed by atoms with Crippen molar-refractivity contribution in [2.45, 2.75) is 44.7 Å². The van der Waals surface area contributed by atoms with Crippen molar-refractivity contribution in [3.05, 3.63) is 34.3 Å². The maximum Gasteiger partial charge on any atom is 0.0237 e. The number of nitrogens with zero attached hydrogens (tertiary/aromatic N) is 1. The van der Waals surface area contributed by atoms with Crippen molar-refractivity contribution in [2.24, 2.45) is 5.73 Å². The largest absolute Gasteiger partial charge is 0.329 e. The molecule has 0 radical (unpaired) electrons. The molecule has 0 bridgehead atoms. The van der Waals surface area contributed by atoms with Gasteiger partial charge in [-0.15, -0.1) is 0 Å². The maximum absolute atomic E-state index is 5.77. The average molecular weight is 311 g/mol. The van der Waals surface area contributed by atoms with E-state index in [1.807, 2.05) is 0 Å². The SMILES string of the molecule is NCCN(Cc1cccc(Br)c1)C1CCCCC1. The van der Waals surface area contributed by atoms with E-state index in [9.17, 15) is 0 Å². The zero-order valence-corrected chi connectivity index (χ0v) is 12.5.